The molecule has 1 aromatic heterocycles. The van der Waals surface area contributed by atoms with Crippen molar-refractivity contribution < 1.29 is 9.59 Å². The largest absolute Gasteiger partial charge is 0.274 e. The van der Waals surface area contributed by atoms with Gasteiger partial charge >= 0.3 is 0 Å². The first-order chi connectivity index (χ1) is 11.8. The van der Waals surface area contributed by atoms with E-state index in [4.69, 9.17) is 0 Å². The van der Waals surface area contributed by atoms with Crippen LogP contribution in [-0.4, -0.2) is 26.4 Å². The zero-order valence-electron chi connectivity index (χ0n) is 15.0. The predicted octanol–water partition coefficient (Wildman–Crippen LogP) is 3.54. The summed E-state index contributed by atoms with van der Waals surface area (Å²) in [5.74, 6) is 0.701. The van der Waals surface area contributed by atoms with Gasteiger partial charge in [0.2, 0.25) is 11.8 Å². The third-order valence-corrected chi connectivity index (χ3v) is 5.22. The van der Waals surface area contributed by atoms with Crippen molar-refractivity contribution in [3.63, 3.8) is 0 Å². The zero-order chi connectivity index (χ0) is 18.3. The molecule has 2 heterocycles. The number of hydrogen-bond acceptors (Lipinski definition) is 5. The molecule has 0 aliphatic carbocycles. The maximum atomic E-state index is 12.1. The maximum absolute atomic E-state index is 12.1. The highest BCUT2D eigenvalue weighted by Crippen LogP contribution is 2.38. The monoisotopic (exact) mass is 356 g/mol. The normalized spacial score (nSPS) is 13.5. The number of anilines is 1. The Morgan fingerprint density at radius 2 is 1.84 bits per heavy atom. The number of hydrogen-bond donors (Lipinski definition) is 0. The van der Waals surface area contributed by atoms with E-state index in [0.717, 1.165) is 11.1 Å². The Labute approximate surface area is 150 Å². The van der Waals surface area contributed by atoms with Gasteiger partial charge in [0.1, 0.15) is 15.9 Å². The summed E-state index contributed by atoms with van der Waals surface area (Å²) in [6, 6.07) is 6.05. The van der Waals surface area contributed by atoms with E-state index in [-0.39, 0.29) is 11.8 Å². The molecule has 0 spiro atoms. The number of carbonyl (C=O) groups is 2. The lowest BCUT2D eigenvalue weighted by Crippen LogP contribution is -2.28. The minimum absolute atomic E-state index is 0.122. The molecular weight excluding hydrogens is 336 g/mol. The van der Waals surface area contributed by atoms with Gasteiger partial charge in [-0.2, -0.15) is 10.1 Å². The van der Waals surface area contributed by atoms with Gasteiger partial charge < -0.3 is 0 Å². The molecule has 0 saturated heterocycles. The highest BCUT2D eigenvalue weighted by atomic mass is 32.2. The van der Waals surface area contributed by atoms with E-state index in [0.29, 0.717) is 28.1 Å². The van der Waals surface area contributed by atoms with Gasteiger partial charge in [0.15, 0.2) is 5.82 Å². The van der Waals surface area contributed by atoms with Crippen molar-refractivity contribution in [3.05, 3.63) is 40.7 Å². The van der Waals surface area contributed by atoms with Crippen molar-refractivity contribution in [2.24, 2.45) is 5.10 Å². The summed E-state index contributed by atoms with van der Waals surface area (Å²) in [4.78, 5) is 28.7. The maximum Gasteiger partial charge on any atom is 0.245 e. The third kappa shape index (κ3) is 3.00. The minimum Gasteiger partial charge on any atom is -0.274 e. The van der Waals surface area contributed by atoms with Crippen LogP contribution in [0.3, 0.4) is 0 Å². The van der Waals surface area contributed by atoms with Crippen molar-refractivity contribution in [1.82, 2.24) is 9.55 Å². The second-order valence-corrected chi connectivity index (χ2v) is 6.98. The van der Waals surface area contributed by atoms with Crippen LogP contribution in [0.25, 0.3) is 0 Å². The average molecular weight is 356 g/mol. The van der Waals surface area contributed by atoms with Crippen LogP contribution in [-0.2, 0) is 11.2 Å². The van der Waals surface area contributed by atoms with E-state index >= 15 is 0 Å². The van der Waals surface area contributed by atoms with Gasteiger partial charge in [0, 0.05) is 25.8 Å². The number of imidazole rings is 1. The lowest BCUT2D eigenvalue weighted by molar-refractivity contribution is -0.116. The highest BCUT2D eigenvalue weighted by Gasteiger charge is 2.31. The van der Waals surface area contributed by atoms with Gasteiger partial charge in [-0.3, -0.25) is 14.2 Å². The Bertz CT molecular complexity index is 914. The van der Waals surface area contributed by atoms with E-state index in [2.05, 4.69) is 10.1 Å². The number of aryl methyl sites for hydroxylation is 3. The molecule has 1 aromatic carbocycles. The molecule has 130 valence electrons. The number of carbonyl (C=O) groups excluding carboxylic acids is 2. The van der Waals surface area contributed by atoms with Crippen LogP contribution in [0, 0.1) is 13.8 Å². The first-order valence-electron chi connectivity index (χ1n) is 8.10. The minimum atomic E-state index is -0.237. The molecule has 6 nitrogen and oxygen atoms in total. The molecule has 0 atom stereocenters. The Hall–Kier alpha value is -2.41. The van der Waals surface area contributed by atoms with Gasteiger partial charge in [-0.15, -0.1) is 0 Å². The molecule has 1 aliphatic rings. The molecule has 0 radical (unpaired) electrons. The summed E-state index contributed by atoms with van der Waals surface area (Å²) < 4.78 is 1.58. The number of benzene rings is 1. The molecule has 0 fully saturated rings. The predicted molar refractivity (Wildman–Crippen MR) is 99.4 cm³/mol. The lowest BCUT2D eigenvalue weighted by atomic mass is 10.1. The molecule has 0 bridgehead atoms. The molecular formula is C18H20N4O2S. The molecule has 0 unspecified atom stereocenters. The van der Waals surface area contributed by atoms with Gasteiger partial charge in [0.25, 0.3) is 0 Å². The highest BCUT2D eigenvalue weighted by molar-refractivity contribution is 8.14. The van der Waals surface area contributed by atoms with Crippen molar-refractivity contribution in [3.8, 4) is 0 Å². The first kappa shape index (κ1) is 17.4. The van der Waals surface area contributed by atoms with E-state index in [1.54, 1.807) is 4.57 Å². The van der Waals surface area contributed by atoms with Gasteiger partial charge in [-0.05, 0) is 42.8 Å². The number of hydrazone groups is 1. The summed E-state index contributed by atoms with van der Waals surface area (Å²) >= 11 is 1.37. The van der Waals surface area contributed by atoms with Crippen LogP contribution in [0.1, 0.15) is 48.1 Å². The van der Waals surface area contributed by atoms with E-state index in [1.807, 2.05) is 39.0 Å². The number of rotatable bonds is 2. The molecule has 1 amide bonds. The number of nitrogens with zero attached hydrogens (tertiary/aromatic N) is 4. The van der Waals surface area contributed by atoms with Crippen molar-refractivity contribution in [2.75, 3.05) is 5.01 Å². The van der Waals surface area contributed by atoms with Crippen molar-refractivity contribution in [2.45, 2.75) is 46.1 Å². The first-order valence-corrected chi connectivity index (χ1v) is 8.92. The van der Waals surface area contributed by atoms with Gasteiger partial charge in [-0.25, -0.2) is 4.98 Å². The smallest absolute Gasteiger partial charge is 0.245 e. The quantitative estimate of drug-likeness (QED) is 0.825. The molecule has 0 saturated carbocycles. The van der Waals surface area contributed by atoms with Crippen molar-refractivity contribution in [1.29, 1.82) is 0 Å². The standard InChI is InChI=1S/C18H20N4O2S/c1-6-15-19-16-18(21(15)12(4)23)25-17(20-22(16)13(5)24)14-8-7-10(2)11(3)9-14/h7-9H,6H2,1-5H3. The van der Waals surface area contributed by atoms with Crippen molar-refractivity contribution >= 4 is 34.4 Å². The summed E-state index contributed by atoms with van der Waals surface area (Å²) in [5.41, 5.74) is 3.26. The molecule has 3 rings (SSSR count). The van der Waals surface area contributed by atoms with E-state index in [1.165, 1.54) is 36.2 Å². The van der Waals surface area contributed by atoms with Crippen LogP contribution < -0.4 is 5.01 Å². The van der Waals surface area contributed by atoms with E-state index < -0.39 is 0 Å². The Morgan fingerprint density at radius 3 is 2.40 bits per heavy atom. The van der Waals surface area contributed by atoms with Gasteiger partial charge in [0.05, 0.1) is 0 Å². The number of amides is 1. The van der Waals surface area contributed by atoms with Crippen LogP contribution in [0.4, 0.5) is 5.82 Å². The van der Waals surface area contributed by atoms with Gasteiger partial charge in [-0.1, -0.05) is 19.1 Å². The number of aromatic nitrogens is 2. The fraction of sp³-hybridized carbons (Fsp3) is 0.333. The van der Waals surface area contributed by atoms with Crippen LogP contribution in [0.5, 0.6) is 0 Å². The number of fused-ring (bicyclic) bond motifs is 1. The molecule has 0 N–H and O–H groups in total. The summed E-state index contributed by atoms with van der Waals surface area (Å²) in [5, 5.41) is 7.09. The van der Waals surface area contributed by atoms with Crippen LogP contribution in [0.2, 0.25) is 0 Å². The second kappa shape index (κ2) is 6.48. The Morgan fingerprint density at radius 1 is 1.12 bits per heavy atom. The second-order valence-electron chi connectivity index (χ2n) is 6.00. The molecule has 7 heteroatoms. The SMILES string of the molecule is CCc1nc2c(n1C(C)=O)SC(c1ccc(C)c(C)c1)=NN2C(C)=O. The molecule has 2 aromatic rings. The van der Waals surface area contributed by atoms with Crippen LogP contribution >= 0.6 is 11.8 Å². The summed E-state index contributed by atoms with van der Waals surface area (Å²) in [6.45, 7) is 8.96. The topological polar surface area (TPSA) is 67.6 Å². The van der Waals surface area contributed by atoms with Crippen LogP contribution in [0.15, 0.2) is 28.3 Å². The Kier molecular flexibility index (Phi) is 4.51. The number of thioether (sulfide) groups is 1. The summed E-state index contributed by atoms with van der Waals surface area (Å²) in [7, 11) is 0. The lowest BCUT2D eigenvalue weighted by Gasteiger charge is -2.22. The third-order valence-electron chi connectivity index (χ3n) is 4.16. The molecule has 1 aliphatic heterocycles. The zero-order valence-corrected chi connectivity index (χ0v) is 15.8. The fourth-order valence-corrected chi connectivity index (χ4v) is 3.79. The average Bonchev–Trinajstić information content (AvgIpc) is 2.94. The summed E-state index contributed by atoms with van der Waals surface area (Å²) in [6.07, 6.45) is 0.595. The Balaban J connectivity index is 2.17. The van der Waals surface area contributed by atoms with E-state index in [9.17, 15) is 9.59 Å². The fourth-order valence-electron chi connectivity index (χ4n) is 2.69. The molecule has 25 heavy (non-hydrogen) atoms.